The third-order valence-electron chi connectivity index (χ3n) is 6.32. The maximum atomic E-state index is 4.93. The molecule has 0 amide bonds. The van der Waals surface area contributed by atoms with Crippen LogP contribution >= 0.6 is 17.0 Å². The summed E-state index contributed by atoms with van der Waals surface area (Å²) in [4.78, 5) is 0. The molecule has 0 aliphatic rings. The minimum atomic E-state index is -0.826. The van der Waals surface area contributed by atoms with Crippen LogP contribution in [0.2, 0.25) is 0 Å². The molecule has 180 valence electrons. The van der Waals surface area contributed by atoms with E-state index in [-0.39, 0.29) is 16.2 Å². The molecule has 0 saturated heterocycles. The van der Waals surface area contributed by atoms with Crippen LogP contribution in [-0.2, 0) is 43.5 Å². The molecule has 3 aromatic carbocycles. The summed E-state index contributed by atoms with van der Waals surface area (Å²) >= 11 is -0.826. The summed E-state index contributed by atoms with van der Waals surface area (Å²) in [5.74, 6) is 0. The van der Waals surface area contributed by atoms with Gasteiger partial charge >= 0.3 is 37.9 Å². The number of rotatable bonds is 3. The van der Waals surface area contributed by atoms with Crippen LogP contribution in [0.3, 0.4) is 0 Å². The zero-order chi connectivity index (χ0) is 25.2. The molecule has 3 aromatic rings. The quantitative estimate of drug-likeness (QED) is 0.278. The van der Waals surface area contributed by atoms with Crippen LogP contribution in [0.25, 0.3) is 21.9 Å². The molecule has 0 nitrogen and oxygen atoms in total. The Balaban J connectivity index is 0.00000122. The van der Waals surface area contributed by atoms with Gasteiger partial charge in [0.1, 0.15) is 0 Å². The molecule has 0 saturated carbocycles. The van der Waals surface area contributed by atoms with Crippen molar-refractivity contribution in [3.63, 3.8) is 0 Å². The SMILES string of the molecule is CCCc1ccc2[cH-]c(C(C)(C)C)cc2c1-c1cc(C(C)(C)C)cc(C(C)(C)C)c1.[Cl][Zr][Cl]. The van der Waals surface area contributed by atoms with E-state index < -0.39 is 20.8 Å². The van der Waals surface area contributed by atoms with E-state index in [1.807, 2.05) is 0 Å². The van der Waals surface area contributed by atoms with E-state index in [2.05, 4.69) is 112 Å². The number of hydrogen-bond acceptors (Lipinski definition) is 0. The first-order valence-corrected chi connectivity index (χ1v) is 18.3. The van der Waals surface area contributed by atoms with Crippen LogP contribution < -0.4 is 0 Å². The Hall–Kier alpha value is -0.487. The van der Waals surface area contributed by atoms with Gasteiger partial charge < -0.3 is 0 Å². The molecular formula is C30H41Cl2Zr-. The monoisotopic (exact) mass is 561 g/mol. The summed E-state index contributed by atoms with van der Waals surface area (Å²) in [5.41, 5.74) is 8.98. The fraction of sp³-hybridized carbons (Fsp3) is 0.500. The molecule has 0 heterocycles. The van der Waals surface area contributed by atoms with Crippen molar-refractivity contribution in [2.45, 2.75) is 98.3 Å². The van der Waals surface area contributed by atoms with Crippen LogP contribution in [0.4, 0.5) is 0 Å². The van der Waals surface area contributed by atoms with Crippen LogP contribution in [0.15, 0.2) is 42.5 Å². The summed E-state index contributed by atoms with van der Waals surface area (Å²) in [7, 11) is 9.87. The van der Waals surface area contributed by atoms with Crippen molar-refractivity contribution in [1.29, 1.82) is 0 Å². The van der Waals surface area contributed by atoms with E-state index in [4.69, 9.17) is 17.0 Å². The maximum absolute atomic E-state index is 4.93. The van der Waals surface area contributed by atoms with Gasteiger partial charge in [-0.3, -0.25) is 0 Å². The molecule has 3 heteroatoms. The predicted molar refractivity (Wildman–Crippen MR) is 147 cm³/mol. The second kappa shape index (κ2) is 11.1. The number of hydrogen-bond donors (Lipinski definition) is 0. The Morgan fingerprint density at radius 3 is 1.70 bits per heavy atom. The third kappa shape index (κ3) is 7.25. The van der Waals surface area contributed by atoms with Crippen LogP contribution in [-0.4, -0.2) is 0 Å². The minimum absolute atomic E-state index is 0.122. The average molecular weight is 564 g/mol. The molecule has 0 aromatic heterocycles. The number of fused-ring (bicyclic) bond motifs is 1. The Morgan fingerprint density at radius 1 is 0.758 bits per heavy atom. The Bertz CT molecular complexity index is 1040. The molecular weight excluding hydrogens is 522 g/mol. The molecule has 0 fully saturated rings. The fourth-order valence-corrected chi connectivity index (χ4v) is 4.22. The van der Waals surface area contributed by atoms with E-state index >= 15 is 0 Å². The molecule has 3 rings (SSSR count). The summed E-state index contributed by atoms with van der Waals surface area (Å²) in [6.45, 7) is 23.2. The van der Waals surface area contributed by atoms with E-state index in [9.17, 15) is 0 Å². The van der Waals surface area contributed by atoms with Crippen LogP contribution in [0, 0.1) is 0 Å². The standard InChI is InChI=1S/C30H41.2ClH.Zr/c1-11-12-20-13-14-21-15-25(30(8,9)10)19-26(21)27(20)22-16-23(28(2,3)4)18-24(17-22)29(5,6)7;;;/h13-19H,11-12H2,1-10H3;2*1H;/q-1;;;+2/p-2. The molecule has 0 N–H and O–H groups in total. The Morgan fingerprint density at radius 2 is 1.27 bits per heavy atom. The number of benzene rings is 2. The van der Waals surface area contributed by atoms with Gasteiger partial charge in [0.25, 0.3) is 0 Å². The molecule has 0 spiro atoms. The summed E-state index contributed by atoms with van der Waals surface area (Å²) < 4.78 is 0. The van der Waals surface area contributed by atoms with E-state index in [0.717, 1.165) is 12.8 Å². The number of aryl methyl sites for hydroxylation is 1. The molecule has 0 aliphatic heterocycles. The van der Waals surface area contributed by atoms with Crippen molar-refractivity contribution >= 4 is 27.8 Å². The summed E-state index contributed by atoms with van der Waals surface area (Å²) in [6, 6.07) is 16.9. The number of halogens is 2. The van der Waals surface area contributed by atoms with E-state index in [1.165, 1.54) is 44.2 Å². The van der Waals surface area contributed by atoms with Gasteiger partial charge in [0.05, 0.1) is 0 Å². The van der Waals surface area contributed by atoms with Gasteiger partial charge in [0.15, 0.2) is 0 Å². The molecule has 0 atom stereocenters. The molecule has 0 bridgehead atoms. The van der Waals surface area contributed by atoms with Gasteiger partial charge in [-0.1, -0.05) is 105 Å². The van der Waals surface area contributed by atoms with Gasteiger partial charge in [-0.15, -0.1) is 34.5 Å². The first-order chi connectivity index (χ1) is 15.1. The van der Waals surface area contributed by atoms with Crippen molar-refractivity contribution in [2.75, 3.05) is 0 Å². The molecule has 0 unspecified atom stereocenters. The zero-order valence-electron chi connectivity index (χ0n) is 22.2. The van der Waals surface area contributed by atoms with Crippen molar-refractivity contribution in [3.05, 3.63) is 64.7 Å². The Kier molecular flexibility index (Phi) is 9.63. The third-order valence-corrected chi connectivity index (χ3v) is 6.32. The molecule has 0 aliphatic carbocycles. The topological polar surface area (TPSA) is 0 Å². The predicted octanol–water partition coefficient (Wildman–Crippen LogP) is 10.4. The summed E-state index contributed by atoms with van der Waals surface area (Å²) in [5, 5.41) is 2.78. The first-order valence-electron chi connectivity index (χ1n) is 12.0. The van der Waals surface area contributed by atoms with Crippen LogP contribution in [0.1, 0.15) is 97.9 Å². The van der Waals surface area contributed by atoms with Gasteiger partial charge in [-0.2, -0.15) is 6.07 Å². The van der Waals surface area contributed by atoms with Gasteiger partial charge in [-0.25, -0.2) is 0 Å². The van der Waals surface area contributed by atoms with E-state index in [0.29, 0.717) is 0 Å². The first kappa shape index (κ1) is 28.7. The zero-order valence-corrected chi connectivity index (χ0v) is 26.2. The van der Waals surface area contributed by atoms with Gasteiger partial charge in [0.2, 0.25) is 0 Å². The van der Waals surface area contributed by atoms with Gasteiger partial charge in [0, 0.05) is 0 Å². The molecule has 0 radical (unpaired) electrons. The van der Waals surface area contributed by atoms with Gasteiger partial charge in [-0.05, 0) is 39.4 Å². The molecule has 33 heavy (non-hydrogen) atoms. The van der Waals surface area contributed by atoms with Crippen molar-refractivity contribution < 1.29 is 20.8 Å². The second-order valence-electron chi connectivity index (χ2n) is 12.2. The van der Waals surface area contributed by atoms with E-state index in [1.54, 1.807) is 0 Å². The normalized spacial score (nSPS) is 12.5. The second-order valence-corrected chi connectivity index (χ2v) is 15.9. The summed E-state index contributed by atoms with van der Waals surface area (Å²) in [6.07, 6.45) is 2.28. The van der Waals surface area contributed by atoms with Crippen molar-refractivity contribution in [1.82, 2.24) is 0 Å². The fourth-order valence-electron chi connectivity index (χ4n) is 4.22. The Labute approximate surface area is 221 Å². The van der Waals surface area contributed by atoms with Crippen molar-refractivity contribution in [3.8, 4) is 11.1 Å². The average Bonchev–Trinajstić information content (AvgIpc) is 3.12. The van der Waals surface area contributed by atoms with Crippen LogP contribution in [0.5, 0.6) is 0 Å². The van der Waals surface area contributed by atoms with Crippen molar-refractivity contribution in [2.24, 2.45) is 0 Å².